The average Bonchev–Trinajstić information content (AvgIpc) is 3.16. The molecule has 7 aromatic rings. The maximum Gasteiger partial charge on any atom is 0.116 e. The Morgan fingerprint density at radius 1 is 0.292 bits per heavy atom. The molecular weight excluding hydrogens is 614 g/mol. The van der Waals surface area contributed by atoms with Gasteiger partial charge in [0.25, 0.3) is 0 Å². The summed E-state index contributed by atoms with van der Waals surface area (Å²) in [7, 11) is -4.21. The van der Waals surface area contributed by atoms with E-state index in [2.05, 4.69) is 208 Å². The molecule has 0 aliphatic carbocycles. The Labute approximate surface area is 287 Å². The third kappa shape index (κ3) is 6.08. The predicted octanol–water partition coefficient (Wildman–Crippen LogP) is 9.29. The van der Waals surface area contributed by atoms with Crippen LogP contribution < -0.4 is 31.8 Å². The zero-order chi connectivity index (χ0) is 32.8. The Balaban J connectivity index is 1.51. The fourth-order valence-corrected chi connectivity index (χ4v) is 15.9. The topological polar surface area (TPSA) is 0 Å². The molecule has 48 heavy (non-hydrogen) atoms. The Hall–Kier alpha value is -4.60. The zero-order valence-corrected chi connectivity index (χ0v) is 29.6. The van der Waals surface area contributed by atoms with Crippen molar-refractivity contribution >= 4 is 46.4 Å². The monoisotopic (exact) mass is 656 g/mol. The van der Waals surface area contributed by atoms with Crippen molar-refractivity contribution in [3.63, 3.8) is 0 Å². The molecular formula is C46H42P2+2. The molecule has 0 nitrogen and oxygen atoms in total. The lowest BCUT2D eigenvalue weighted by Crippen LogP contribution is -2.34. The van der Waals surface area contributed by atoms with Gasteiger partial charge in [-0.25, -0.2) is 0 Å². The molecule has 0 N–H and O–H groups in total. The summed E-state index contributed by atoms with van der Waals surface area (Å²) in [4.78, 5) is 0. The fraction of sp³-hybridized carbons (Fsp3) is 0.0870. The largest absolute Gasteiger partial charge is 0.116 e. The van der Waals surface area contributed by atoms with Crippen LogP contribution in [0, 0.1) is 13.8 Å². The second kappa shape index (κ2) is 14.3. The number of rotatable bonds is 10. The molecule has 0 unspecified atom stereocenters. The van der Waals surface area contributed by atoms with Crippen LogP contribution >= 0.6 is 14.5 Å². The quantitative estimate of drug-likeness (QED) is 0.129. The summed E-state index contributed by atoms with van der Waals surface area (Å²) in [6.45, 7) is 4.56. The van der Waals surface area contributed by atoms with Crippen LogP contribution in [-0.4, -0.2) is 0 Å². The molecule has 0 amide bonds. The van der Waals surface area contributed by atoms with Gasteiger partial charge in [0, 0.05) is 0 Å². The SMILES string of the molecule is Cc1cc(C[P+](c2ccccc2)(c2ccccc2)c2ccccc2)c(C[P+](c2ccccc2)(c2ccccc2)c2ccccc2)cc1C. The highest BCUT2D eigenvalue weighted by molar-refractivity contribution is 7.95. The normalized spacial score (nSPS) is 11.7. The molecule has 0 aromatic heterocycles. The first-order valence-electron chi connectivity index (χ1n) is 16.8. The molecule has 0 spiro atoms. The minimum atomic E-state index is -2.11. The molecule has 0 saturated heterocycles. The number of hydrogen-bond donors (Lipinski definition) is 0. The molecule has 2 heteroatoms. The summed E-state index contributed by atoms with van der Waals surface area (Å²) < 4.78 is 0. The third-order valence-electron chi connectivity index (χ3n) is 9.81. The van der Waals surface area contributed by atoms with Gasteiger partial charge < -0.3 is 0 Å². The molecule has 0 aliphatic heterocycles. The van der Waals surface area contributed by atoms with Gasteiger partial charge in [-0.2, -0.15) is 0 Å². The van der Waals surface area contributed by atoms with Gasteiger partial charge in [0.05, 0.1) is 12.3 Å². The van der Waals surface area contributed by atoms with Crippen LogP contribution in [0.1, 0.15) is 22.3 Å². The maximum absolute atomic E-state index is 2.52. The van der Waals surface area contributed by atoms with Crippen molar-refractivity contribution in [2.75, 3.05) is 0 Å². The van der Waals surface area contributed by atoms with Gasteiger partial charge in [0.2, 0.25) is 0 Å². The number of hydrogen-bond acceptors (Lipinski definition) is 0. The summed E-state index contributed by atoms with van der Waals surface area (Å²) in [6.07, 6.45) is 1.92. The first-order chi connectivity index (χ1) is 23.6. The maximum atomic E-state index is 2.52. The lowest BCUT2D eigenvalue weighted by molar-refractivity contribution is 1.20. The average molecular weight is 657 g/mol. The summed E-state index contributed by atoms with van der Waals surface area (Å²) in [5.74, 6) is 0. The van der Waals surface area contributed by atoms with Crippen molar-refractivity contribution in [2.45, 2.75) is 26.2 Å². The van der Waals surface area contributed by atoms with Crippen LogP contribution in [0.15, 0.2) is 194 Å². The van der Waals surface area contributed by atoms with E-state index in [9.17, 15) is 0 Å². The molecule has 0 heterocycles. The van der Waals surface area contributed by atoms with Crippen LogP contribution in [0.3, 0.4) is 0 Å². The second-order valence-electron chi connectivity index (χ2n) is 12.7. The van der Waals surface area contributed by atoms with E-state index in [1.165, 1.54) is 54.1 Å². The molecule has 7 rings (SSSR count). The van der Waals surface area contributed by atoms with Crippen LogP contribution in [0.25, 0.3) is 0 Å². The molecule has 234 valence electrons. The first kappa shape index (κ1) is 32.0. The third-order valence-corrected chi connectivity index (χ3v) is 18.5. The molecule has 0 bridgehead atoms. The van der Waals surface area contributed by atoms with E-state index in [1.54, 1.807) is 0 Å². The minimum Gasteiger partial charge on any atom is -0.0620 e. The van der Waals surface area contributed by atoms with E-state index in [-0.39, 0.29) is 0 Å². The number of aryl methyl sites for hydroxylation is 2. The van der Waals surface area contributed by atoms with Crippen LogP contribution in [0.5, 0.6) is 0 Å². The summed E-state index contributed by atoms with van der Waals surface area (Å²) in [5.41, 5.74) is 5.61. The van der Waals surface area contributed by atoms with Gasteiger partial charge in [0.1, 0.15) is 46.4 Å². The molecule has 7 aromatic carbocycles. The smallest absolute Gasteiger partial charge is 0.0620 e. The van der Waals surface area contributed by atoms with Gasteiger partial charge >= 0.3 is 0 Å². The summed E-state index contributed by atoms with van der Waals surface area (Å²) >= 11 is 0. The van der Waals surface area contributed by atoms with Crippen molar-refractivity contribution in [3.8, 4) is 0 Å². The summed E-state index contributed by atoms with van der Waals surface area (Å²) in [6, 6.07) is 72.9. The lowest BCUT2D eigenvalue weighted by Gasteiger charge is -2.31. The van der Waals surface area contributed by atoms with Gasteiger partial charge in [-0.3, -0.25) is 0 Å². The van der Waals surface area contributed by atoms with E-state index in [4.69, 9.17) is 0 Å². The molecule has 0 radical (unpaired) electrons. The van der Waals surface area contributed by atoms with Crippen LogP contribution in [0.2, 0.25) is 0 Å². The van der Waals surface area contributed by atoms with Crippen molar-refractivity contribution in [1.29, 1.82) is 0 Å². The van der Waals surface area contributed by atoms with Gasteiger partial charge in [-0.15, -0.1) is 0 Å². The highest BCUT2D eigenvalue weighted by Gasteiger charge is 2.49. The van der Waals surface area contributed by atoms with Crippen LogP contribution in [-0.2, 0) is 12.3 Å². The fourth-order valence-electron chi connectivity index (χ4n) is 7.28. The minimum absolute atomic E-state index is 0.958. The van der Waals surface area contributed by atoms with Crippen molar-refractivity contribution in [3.05, 3.63) is 216 Å². The van der Waals surface area contributed by atoms with E-state index in [0.29, 0.717) is 0 Å². The van der Waals surface area contributed by atoms with Gasteiger partial charge in [0.15, 0.2) is 0 Å². The standard InChI is InChI=1S/C46H42P2/c1-37-33-39(35-47(41-21-9-3-10-22-41,42-23-11-4-12-24-42)43-25-13-5-14-26-43)40(34-38(37)2)36-48(44-27-15-6-16-28-44,45-29-17-7-18-30-45)46-31-19-8-20-32-46/h3-34H,35-36H2,1-2H3/q+2. The molecule has 0 fully saturated rings. The molecule has 0 atom stereocenters. The van der Waals surface area contributed by atoms with Crippen molar-refractivity contribution in [2.24, 2.45) is 0 Å². The number of benzene rings is 7. The van der Waals surface area contributed by atoms with E-state index < -0.39 is 14.5 Å². The van der Waals surface area contributed by atoms with Crippen molar-refractivity contribution < 1.29 is 0 Å². The van der Waals surface area contributed by atoms with Gasteiger partial charge in [-0.05, 0) is 109 Å². The highest BCUT2D eigenvalue weighted by atomic mass is 31.2. The highest BCUT2D eigenvalue weighted by Crippen LogP contribution is 2.62. The lowest BCUT2D eigenvalue weighted by atomic mass is 10.0. The van der Waals surface area contributed by atoms with E-state index in [0.717, 1.165) is 12.3 Å². The molecule has 0 saturated carbocycles. The summed E-state index contributed by atoms with van der Waals surface area (Å²) in [5, 5.41) is 8.51. The Morgan fingerprint density at radius 2 is 0.479 bits per heavy atom. The van der Waals surface area contributed by atoms with E-state index >= 15 is 0 Å². The Morgan fingerprint density at radius 3 is 0.667 bits per heavy atom. The van der Waals surface area contributed by atoms with Gasteiger partial charge in [-0.1, -0.05) is 121 Å². The van der Waals surface area contributed by atoms with E-state index in [1.807, 2.05) is 0 Å². The predicted molar refractivity (Wildman–Crippen MR) is 214 cm³/mol. The Kier molecular flexibility index (Phi) is 9.50. The van der Waals surface area contributed by atoms with Crippen LogP contribution in [0.4, 0.5) is 0 Å². The molecule has 0 aliphatic rings. The van der Waals surface area contributed by atoms with Crippen molar-refractivity contribution in [1.82, 2.24) is 0 Å². The first-order valence-corrected chi connectivity index (χ1v) is 20.7. The Bertz CT molecular complexity index is 1710. The zero-order valence-electron chi connectivity index (χ0n) is 27.8. The second-order valence-corrected chi connectivity index (χ2v) is 19.6.